The predicted molar refractivity (Wildman–Crippen MR) is 111 cm³/mol. The van der Waals surface area contributed by atoms with Crippen molar-refractivity contribution < 1.29 is 27.4 Å². The number of benzene rings is 2. The molecule has 2 aromatic carbocycles. The van der Waals surface area contributed by atoms with E-state index in [4.69, 9.17) is 9.47 Å². The molecule has 0 saturated carbocycles. The fourth-order valence-corrected chi connectivity index (χ4v) is 2.79. The van der Waals surface area contributed by atoms with E-state index in [2.05, 4.69) is 10.4 Å². The Morgan fingerprint density at radius 2 is 1.81 bits per heavy atom. The van der Waals surface area contributed by atoms with E-state index >= 15 is 0 Å². The van der Waals surface area contributed by atoms with Gasteiger partial charge in [-0.3, -0.25) is 9.59 Å². The lowest BCUT2D eigenvalue weighted by Gasteiger charge is -2.15. The maximum absolute atomic E-state index is 13.1. The molecule has 1 N–H and O–H groups in total. The van der Waals surface area contributed by atoms with Gasteiger partial charge in [0.2, 0.25) is 0 Å². The number of hydrogen-bond donors (Lipinski definition) is 1. The van der Waals surface area contributed by atoms with Gasteiger partial charge in [-0.15, -0.1) is 0 Å². The van der Waals surface area contributed by atoms with E-state index < -0.39 is 23.2 Å². The number of nitrogens with one attached hydrogen (secondary N) is 1. The Morgan fingerprint density at radius 1 is 1.06 bits per heavy atom. The van der Waals surface area contributed by atoms with Crippen molar-refractivity contribution in [1.82, 2.24) is 9.78 Å². The molecule has 0 radical (unpaired) electrons. The number of aromatic nitrogens is 2. The first-order valence-corrected chi connectivity index (χ1v) is 9.54. The number of methoxy groups -OCH3 is 1. The summed E-state index contributed by atoms with van der Waals surface area (Å²) in [5.74, 6) is -0.747. The van der Waals surface area contributed by atoms with Crippen LogP contribution >= 0.6 is 0 Å². The molecule has 0 bridgehead atoms. The van der Waals surface area contributed by atoms with Gasteiger partial charge in [0, 0.05) is 13.2 Å². The van der Waals surface area contributed by atoms with E-state index in [1.165, 1.54) is 19.2 Å². The van der Waals surface area contributed by atoms with Crippen molar-refractivity contribution in [2.75, 3.05) is 25.6 Å². The van der Waals surface area contributed by atoms with Crippen LogP contribution in [0.25, 0.3) is 0 Å². The summed E-state index contributed by atoms with van der Waals surface area (Å²) >= 11 is 0. The molecule has 0 aliphatic heterocycles. The minimum absolute atomic E-state index is 0.0426. The number of alkyl halides is 3. The Labute approximate surface area is 181 Å². The van der Waals surface area contributed by atoms with Gasteiger partial charge in [0.1, 0.15) is 18.1 Å². The number of halogens is 3. The summed E-state index contributed by atoms with van der Waals surface area (Å²) < 4.78 is 50.8. The summed E-state index contributed by atoms with van der Waals surface area (Å²) in [5.41, 5.74) is -0.891. The first-order chi connectivity index (χ1) is 15.3. The van der Waals surface area contributed by atoms with E-state index in [1.54, 1.807) is 24.3 Å². The van der Waals surface area contributed by atoms with Gasteiger partial charge < -0.3 is 14.8 Å². The Morgan fingerprint density at radius 3 is 2.50 bits per heavy atom. The fraction of sp³-hybridized carbons (Fsp3) is 0.227. The molecule has 32 heavy (non-hydrogen) atoms. The first kappa shape index (κ1) is 23.0. The van der Waals surface area contributed by atoms with Crippen LogP contribution in [0.2, 0.25) is 0 Å². The molecule has 7 nitrogen and oxygen atoms in total. The molecular formula is C22H20F3N3O4. The van der Waals surface area contributed by atoms with E-state index in [9.17, 15) is 22.8 Å². The summed E-state index contributed by atoms with van der Waals surface area (Å²) in [7, 11) is 1.45. The van der Waals surface area contributed by atoms with Crippen LogP contribution in [-0.4, -0.2) is 36.0 Å². The van der Waals surface area contributed by atoms with Gasteiger partial charge >= 0.3 is 6.18 Å². The quantitative estimate of drug-likeness (QED) is 0.534. The standard InChI is InChI=1S/C22H20F3N3O4/c1-31-11-12-32-19-9-7-16(22(23,24)25)13-18(19)26-21(30)17-8-10-20(29)28(27-17)14-15-5-3-2-4-6-15/h2-10,13H,11-12,14H2,1H3,(H,26,30). The van der Waals surface area contributed by atoms with Gasteiger partial charge in [-0.05, 0) is 29.8 Å². The summed E-state index contributed by atoms with van der Waals surface area (Å²) in [6.07, 6.45) is -4.61. The van der Waals surface area contributed by atoms with Gasteiger partial charge in [0.05, 0.1) is 24.4 Å². The maximum atomic E-state index is 13.1. The molecular weight excluding hydrogens is 427 g/mol. The van der Waals surface area contributed by atoms with Crippen molar-refractivity contribution in [2.45, 2.75) is 12.7 Å². The monoisotopic (exact) mass is 447 g/mol. The van der Waals surface area contributed by atoms with Gasteiger partial charge in [0.15, 0.2) is 0 Å². The van der Waals surface area contributed by atoms with Gasteiger partial charge in [0.25, 0.3) is 11.5 Å². The molecule has 0 spiro atoms. The highest BCUT2D eigenvalue weighted by Gasteiger charge is 2.31. The van der Waals surface area contributed by atoms with Crippen LogP contribution in [-0.2, 0) is 17.5 Å². The largest absolute Gasteiger partial charge is 0.489 e. The van der Waals surface area contributed by atoms with Crippen LogP contribution in [0.4, 0.5) is 18.9 Å². The average Bonchev–Trinajstić information content (AvgIpc) is 2.76. The topological polar surface area (TPSA) is 82.5 Å². The predicted octanol–water partition coefficient (Wildman–Crippen LogP) is 3.59. The molecule has 0 atom stereocenters. The Balaban J connectivity index is 1.87. The molecule has 0 aliphatic carbocycles. The number of rotatable bonds is 8. The van der Waals surface area contributed by atoms with Crippen molar-refractivity contribution in [3.8, 4) is 5.75 Å². The number of hydrogen-bond acceptors (Lipinski definition) is 5. The molecule has 3 rings (SSSR count). The molecule has 0 saturated heterocycles. The number of amides is 1. The van der Waals surface area contributed by atoms with Crippen molar-refractivity contribution in [2.24, 2.45) is 0 Å². The van der Waals surface area contributed by atoms with E-state index in [1.807, 2.05) is 6.07 Å². The van der Waals surface area contributed by atoms with Crippen LogP contribution < -0.4 is 15.6 Å². The third-order valence-electron chi connectivity index (χ3n) is 4.37. The smallest absolute Gasteiger partial charge is 0.416 e. The third kappa shape index (κ3) is 5.94. The number of ether oxygens (including phenoxy) is 2. The summed E-state index contributed by atoms with van der Waals surface area (Å²) in [5, 5.41) is 6.44. The van der Waals surface area contributed by atoms with E-state index in [-0.39, 0.29) is 36.9 Å². The number of anilines is 1. The zero-order valence-electron chi connectivity index (χ0n) is 17.1. The fourth-order valence-electron chi connectivity index (χ4n) is 2.79. The molecule has 1 aromatic heterocycles. The average molecular weight is 447 g/mol. The Hall–Kier alpha value is -3.66. The van der Waals surface area contributed by atoms with Crippen molar-refractivity contribution in [3.63, 3.8) is 0 Å². The molecule has 1 amide bonds. The second kappa shape index (κ2) is 10.1. The second-order valence-electron chi connectivity index (χ2n) is 6.70. The molecule has 0 aliphatic rings. The van der Waals surface area contributed by atoms with Crippen LogP contribution in [0.15, 0.2) is 65.5 Å². The number of nitrogens with zero attached hydrogens (tertiary/aromatic N) is 2. The molecule has 10 heteroatoms. The summed E-state index contributed by atoms with van der Waals surface area (Å²) in [4.78, 5) is 24.8. The number of carbonyl (C=O) groups excluding carboxylic acids is 1. The van der Waals surface area contributed by atoms with Gasteiger partial charge in [-0.2, -0.15) is 18.3 Å². The lowest BCUT2D eigenvalue weighted by Crippen LogP contribution is -2.26. The first-order valence-electron chi connectivity index (χ1n) is 9.54. The SMILES string of the molecule is COCCOc1ccc(C(F)(F)F)cc1NC(=O)c1ccc(=O)n(Cc2ccccc2)n1. The van der Waals surface area contributed by atoms with Crippen molar-refractivity contribution in [3.05, 3.63) is 87.8 Å². The molecule has 3 aromatic rings. The van der Waals surface area contributed by atoms with Crippen molar-refractivity contribution in [1.29, 1.82) is 0 Å². The Kier molecular flexibility index (Phi) is 7.26. The molecule has 0 fully saturated rings. The van der Waals surface area contributed by atoms with Gasteiger partial charge in [-0.25, -0.2) is 4.68 Å². The number of carbonyl (C=O) groups is 1. The third-order valence-corrected chi connectivity index (χ3v) is 4.37. The molecule has 1 heterocycles. The normalized spacial score (nSPS) is 11.2. The summed E-state index contributed by atoms with van der Waals surface area (Å²) in [6.45, 7) is 0.418. The zero-order chi connectivity index (χ0) is 23.1. The minimum Gasteiger partial charge on any atom is -0.489 e. The van der Waals surface area contributed by atoms with Crippen LogP contribution in [0.1, 0.15) is 21.6 Å². The lowest BCUT2D eigenvalue weighted by atomic mass is 10.1. The van der Waals surface area contributed by atoms with Gasteiger partial charge in [-0.1, -0.05) is 30.3 Å². The van der Waals surface area contributed by atoms with Crippen LogP contribution in [0.5, 0.6) is 5.75 Å². The van der Waals surface area contributed by atoms with E-state index in [0.717, 1.165) is 28.4 Å². The zero-order valence-corrected chi connectivity index (χ0v) is 17.1. The summed E-state index contributed by atoms with van der Waals surface area (Å²) in [6, 6.07) is 14.2. The lowest BCUT2D eigenvalue weighted by molar-refractivity contribution is -0.137. The highest BCUT2D eigenvalue weighted by atomic mass is 19.4. The highest BCUT2D eigenvalue weighted by Crippen LogP contribution is 2.35. The molecule has 168 valence electrons. The molecule has 0 unspecified atom stereocenters. The maximum Gasteiger partial charge on any atom is 0.416 e. The van der Waals surface area contributed by atoms with Crippen LogP contribution in [0, 0.1) is 0 Å². The van der Waals surface area contributed by atoms with E-state index in [0.29, 0.717) is 0 Å². The second-order valence-corrected chi connectivity index (χ2v) is 6.70. The Bertz CT molecular complexity index is 1130. The van der Waals surface area contributed by atoms with Crippen molar-refractivity contribution >= 4 is 11.6 Å². The minimum atomic E-state index is -4.61. The highest BCUT2D eigenvalue weighted by molar-refractivity contribution is 6.03. The van der Waals surface area contributed by atoms with Crippen LogP contribution in [0.3, 0.4) is 0 Å².